The van der Waals surface area contributed by atoms with Gasteiger partial charge in [0.25, 0.3) is 0 Å². The third-order valence-corrected chi connectivity index (χ3v) is 5.17. The zero-order valence-electron chi connectivity index (χ0n) is 17.7. The molecular formula is C24H30FN5. The molecule has 1 saturated carbocycles. The molecule has 0 radical (unpaired) electrons. The number of anilines is 1. The van der Waals surface area contributed by atoms with Crippen LogP contribution in [0.5, 0.6) is 0 Å². The van der Waals surface area contributed by atoms with Crippen molar-refractivity contribution < 1.29 is 4.39 Å². The molecule has 0 saturated heterocycles. The van der Waals surface area contributed by atoms with Crippen LogP contribution >= 0.6 is 0 Å². The first-order valence-corrected chi connectivity index (χ1v) is 10.6. The molecule has 2 aromatic heterocycles. The summed E-state index contributed by atoms with van der Waals surface area (Å²) < 4.78 is 12.9. The lowest BCUT2D eigenvalue weighted by Gasteiger charge is -2.27. The quantitative estimate of drug-likeness (QED) is 0.480. The average Bonchev–Trinajstić information content (AvgIpc) is 3.51. The van der Waals surface area contributed by atoms with Crippen molar-refractivity contribution in [2.75, 3.05) is 11.4 Å². The Bertz CT molecular complexity index is 937. The van der Waals surface area contributed by atoms with Crippen LogP contribution in [0.25, 0.3) is 0 Å². The predicted molar refractivity (Wildman–Crippen MR) is 121 cm³/mol. The van der Waals surface area contributed by atoms with Gasteiger partial charge >= 0.3 is 0 Å². The highest BCUT2D eigenvalue weighted by Gasteiger charge is 2.26. The Morgan fingerprint density at radius 2 is 2.17 bits per heavy atom. The van der Waals surface area contributed by atoms with Gasteiger partial charge in [0.1, 0.15) is 11.6 Å². The second-order valence-corrected chi connectivity index (χ2v) is 7.56. The van der Waals surface area contributed by atoms with E-state index in [-0.39, 0.29) is 5.83 Å². The predicted octanol–water partition coefficient (Wildman–Crippen LogP) is 5.65. The van der Waals surface area contributed by atoms with Gasteiger partial charge in [0.2, 0.25) is 0 Å². The third-order valence-electron chi connectivity index (χ3n) is 5.17. The molecule has 2 aromatic rings. The highest BCUT2D eigenvalue weighted by molar-refractivity contribution is 5.70. The first-order valence-electron chi connectivity index (χ1n) is 10.6. The van der Waals surface area contributed by atoms with E-state index in [1.54, 1.807) is 19.3 Å². The van der Waals surface area contributed by atoms with Crippen LogP contribution < -0.4 is 4.90 Å². The second kappa shape index (κ2) is 10.7. The lowest BCUT2D eigenvalue weighted by molar-refractivity contribution is 0.652. The first kappa shape index (κ1) is 21.7. The van der Waals surface area contributed by atoms with Crippen molar-refractivity contribution >= 4 is 12.0 Å². The molecule has 3 heterocycles. The van der Waals surface area contributed by atoms with Crippen LogP contribution in [0.15, 0.2) is 60.2 Å². The van der Waals surface area contributed by atoms with Crippen LogP contribution in [0, 0.1) is 5.41 Å². The number of imidazole rings is 1. The maximum absolute atomic E-state index is 12.9. The maximum Gasteiger partial charge on any atom is 0.129 e. The number of hydrogen-bond donors (Lipinski definition) is 2. The van der Waals surface area contributed by atoms with E-state index in [4.69, 9.17) is 10.4 Å². The highest BCUT2D eigenvalue weighted by atomic mass is 19.1. The smallest absolute Gasteiger partial charge is 0.129 e. The molecule has 1 aliphatic carbocycles. The van der Waals surface area contributed by atoms with E-state index < -0.39 is 0 Å². The summed E-state index contributed by atoms with van der Waals surface area (Å²) in [5.74, 6) is 1.54. The summed E-state index contributed by atoms with van der Waals surface area (Å²) in [5.41, 5.74) is 4.19. The molecule has 30 heavy (non-hydrogen) atoms. The Hall–Kier alpha value is -3.02. The molecule has 6 heteroatoms. The molecule has 1 aliphatic heterocycles. The number of allylic oxidation sites excluding steroid dienone is 6. The van der Waals surface area contributed by atoms with Crippen molar-refractivity contribution in [3.63, 3.8) is 0 Å². The molecule has 2 aliphatic rings. The van der Waals surface area contributed by atoms with Crippen LogP contribution in [0.3, 0.4) is 0 Å². The number of fused-ring (bicyclic) bond motifs is 1. The summed E-state index contributed by atoms with van der Waals surface area (Å²) in [4.78, 5) is 14.7. The summed E-state index contributed by atoms with van der Waals surface area (Å²) in [7, 11) is 0. The van der Waals surface area contributed by atoms with Crippen molar-refractivity contribution in [3.8, 4) is 0 Å². The summed E-state index contributed by atoms with van der Waals surface area (Å²) in [6.45, 7) is 5.54. The molecule has 0 amide bonds. The maximum atomic E-state index is 12.9. The zero-order chi connectivity index (χ0) is 21.3. The summed E-state index contributed by atoms with van der Waals surface area (Å²) in [5, 5.41) is 6.73. The zero-order valence-corrected chi connectivity index (χ0v) is 17.7. The van der Waals surface area contributed by atoms with Crippen LogP contribution in [0.1, 0.15) is 56.1 Å². The molecule has 1 fully saturated rings. The summed E-state index contributed by atoms with van der Waals surface area (Å²) in [6.07, 6.45) is 13.8. The molecule has 0 unspecified atom stereocenters. The monoisotopic (exact) mass is 407 g/mol. The Kier molecular flexibility index (Phi) is 7.71. The lowest BCUT2D eigenvalue weighted by atomic mass is 10.1. The topological polar surface area (TPSA) is 68.7 Å². The van der Waals surface area contributed by atoms with Crippen molar-refractivity contribution in [2.45, 2.75) is 52.0 Å². The molecule has 2 N–H and O–H groups in total. The summed E-state index contributed by atoms with van der Waals surface area (Å²) >= 11 is 0. The number of H-pyrrole nitrogens is 1. The van der Waals surface area contributed by atoms with Crippen molar-refractivity contribution in [3.05, 3.63) is 77.3 Å². The fraction of sp³-hybridized carbons (Fsp3) is 0.375. The molecule has 4 rings (SSSR count). The number of nitrogens with one attached hydrogen (secondary N) is 2. The SMILES string of the molecule is CC\C=C/C=C(F)\C(C)=C\C=N.c1cc(C2CC2)nc(N2CCc3nc[nH]c3C2)c1. The Labute approximate surface area is 178 Å². The van der Waals surface area contributed by atoms with Gasteiger partial charge in [-0.3, -0.25) is 0 Å². The van der Waals surface area contributed by atoms with E-state index in [0.29, 0.717) is 5.57 Å². The second-order valence-electron chi connectivity index (χ2n) is 7.56. The highest BCUT2D eigenvalue weighted by Crippen LogP contribution is 2.39. The van der Waals surface area contributed by atoms with Gasteiger partial charge in [0.05, 0.1) is 24.3 Å². The minimum atomic E-state index is -0.289. The Balaban J connectivity index is 0.000000189. The number of pyridine rings is 1. The molecule has 5 nitrogen and oxygen atoms in total. The number of halogens is 1. The number of hydrogen-bond acceptors (Lipinski definition) is 4. The molecule has 0 spiro atoms. The van der Waals surface area contributed by atoms with E-state index in [0.717, 1.165) is 43.9 Å². The van der Waals surface area contributed by atoms with E-state index in [1.165, 1.54) is 42.1 Å². The Morgan fingerprint density at radius 3 is 2.90 bits per heavy atom. The standard InChI is InChI=1S/C14H16N4.C10H14FN/c1-2-11(10-4-5-10)17-14(3-1)18-7-6-12-13(8-18)16-9-15-12;1-3-4-5-6-10(11)9(2)7-8-12/h1-3,9-10H,4-8H2,(H,15,16);4-8,12H,3H2,1-2H3/b;5-4-,9-7+,10-6+,12-8?. The van der Waals surface area contributed by atoms with Gasteiger partial charge in [0.15, 0.2) is 0 Å². The third kappa shape index (κ3) is 5.99. The number of aromatic nitrogens is 3. The van der Waals surface area contributed by atoms with E-state index in [9.17, 15) is 4.39 Å². The van der Waals surface area contributed by atoms with Gasteiger partial charge in [-0.15, -0.1) is 0 Å². The largest absolute Gasteiger partial charge is 0.350 e. The minimum absolute atomic E-state index is 0.289. The first-order chi connectivity index (χ1) is 14.6. The van der Waals surface area contributed by atoms with Crippen molar-refractivity contribution in [1.82, 2.24) is 15.0 Å². The summed E-state index contributed by atoms with van der Waals surface area (Å²) in [6, 6.07) is 6.42. The van der Waals surface area contributed by atoms with Gasteiger partial charge in [0, 0.05) is 30.8 Å². The van der Waals surface area contributed by atoms with Crippen LogP contribution in [0.2, 0.25) is 0 Å². The lowest BCUT2D eigenvalue weighted by Crippen LogP contribution is -2.31. The van der Waals surface area contributed by atoms with Gasteiger partial charge < -0.3 is 15.3 Å². The molecule has 0 aromatic carbocycles. The minimum Gasteiger partial charge on any atom is -0.350 e. The van der Waals surface area contributed by atoms with Gasteiger partial charge in [-0.2, -0.15) is 0 Å². The normalized spacial score (nSPS) is 16.8. The van der Waals surface area contributed by atoms with E-state index in [1.807, 2.05) is 13.0 Å². The van der Waals surface area contributed by atoms with E-state index >= 15 is 0 Å². The molecule has 158 valence electrons. The molecular weight excluding hydrogens is 377 g/mol. The number of rotatable bonds is 6. The Morgan fingerprint density at radius 1 is 1.33 bits per heavy atom. The number of nitrogens with zero attached hydrogens (tertiary/aromatic N) is 3. The van der Waals surface area contributed by atoms with Gasteiger partial charge in [-0.25, -0.2) is 14.4 Å². The average molecular weight is 408 g/mol. The van der Waals surface area contributed by atoms with Gasteiger partial charge in [-0.05, 0) is 56.0 Å². The van der Waals surface area contributed by atoms with Crippen molar-refractivity contribution in [1.29, 1.82) is 5.41 Å². The van der Waals surface area contributed by atoms with Crippen molar-refractivity contribution in [2.24, 2.45) is 0 Å². The number of aromatic amines is 1. The fourth-order valence-electron chi connectivity index (χ4n) is 3.25. The molecule has 0 bridgehead atoms. The van der Waals surface area contributed by atoms with E-state index in [2.05, 4.69) is 33.1 Å². The van der Waals surface area contributed by atoms with Crippen LogP contribution in [0.4, 0.5) is 10.2 Å². The van der Waals surface area contributed by atoms with Crippen LogP contribution in [-0.4, -0.2) is 27.7 Å². The van der Waals surface area contributed by atoms with Crippen LogP contribution in [-0.2, 0) is 13.0 Å². The van der Waals surface area contributed by atoms with Gasteiger partial charge in [-0.1, -0.05) is 25.1 Å². The fourth-order valence-corrected chi connectivity index (χ4v) is 3.25. The molecule has 0 atom stereocenters.